The standard InChI is InChI=1S/C19H18N4O2S/c1-24-17-4-2-13(12-20)10-15(17)21-19-22-16-11-14(3-5-18(16)26-19)23-6-8-25-9-7-23/h2-5,10-11H,6-9H2,1H3,(H,21,22). The SMILES string of the molecule is COc1ccc(C#N)cc1Nc1nc2cc(N3CCOCC3)ccc2s1. The third kappa shape index (κ3) is 3.29. The van der Waals surface area contributed by atoms with Gasteiger partial charge in [0.2, 0.25) is 0 Å². The fraction of sp³-hybridized carbons (Fsp3) is 0.263. The highest BCUT2D eigenvalue weighted by Gasteiger charge is 2.14. The molecule has 1 aliphatic rings. The molecule has 0 bridgehead atoms. The van der Waals surface area contributed by atoms with Gasteiger partial charge in [0, 0.05) is 18.8 Å². The summed E-state index contributed by atoms with van der Waals surface area (Å²) in [6.45, 7) is 3.33. The van der Waals surface area contributed by atoms with Gasteiger partial charge in [-0.25, -0.2) is 4.98 Å². The molecule has 1 N–H and O–H groups in total. The number of methoxy groups -OCH3 is 1. The second-order valence-electron chi connectivity index (χ2n) is 5.92. The van der Waals surface area contributed by atoms with Gasteiger partial charge in [-0.15, -0.1) is 0 Å². The number of thiazole rings is 1. The van der Waals surface area contributed by atoms with Gasteiger partial charge in [0.1, 0.15) is 5.75 Å². The minimum absolute atomic E-state index is 0.573. The zero-order chi connectivity index (χ0) is 17.9. The molecule has 0 aliphatic carbocycles. The van der Waals surface area contributed by atoms with Gasteiger partial charge in [-0.2, -0.15) is 5.26 Å². The van der Waals surface area contributed by atoms with Crippen molar-refractivity contribution < 1.29 is 9.47 Å². The van der Waals surface area contributed by atoms with E-state index in [1.54, 1.807) is 36.6 Å². The van der Waals surface area contributed by atoms with Gasteiger partial charge >= 0.3 is 0 Å². The van der Waals surface area contributed by atoms with Crippen LogP contribution in [0.4, 0.5) is 16.5 Å². The summed E-state index contributed by atoms with van der Waals surface area (Å²) in [6.07, 6.45) is 0. The zero-order valence-corrected chi connectivity index (χ0v) is 15.2. The average Bonchev–Trinajstić information content (AvgIpc) is 3.10. The summed E-state index contributed by atoms with van der Waals surface area (Å²) in [5, 5.41) is 13.2. The number of morpholine rings is 1. The molecule has 3 aromatic rings. The molecule has 1 aliphatic heterocycles. The smallest absolute Gasteiger partial charge is 0.188 e. The quantitative estimate of drug-likeness (QED) is 0.758. The second kappa shape index (κ2) is 7.20. The summed E-state index contributed by atoms with van der Waals surface area (Å²) >= 11 is 1.58. The van der Waals surface area contributed by atoms with E-state index in [1.807, 2.05) is 0 Å². The first-order chi connectivity index (χ1) is 12.8. The molecule has 2 heterocycles. The van der Waals surface area contributed by atoms with E-state index in [4.69, 9.17) is 19.7 Å². The molecule has 0 unspecified atom stereocenters. The molecule has 132 valence electrons. The highest BCUT2D eigenvalue weighted by atomic mass is 32.1. The number of rotatable bonds is 4. The van der Waals surface area contributed by atoms with Crippen LogP contribution < -0.4 is 15.0 Å². The summed E-state index contributed by atoms with van der Waals surface area (Å²) in [6, 6.07) is 13.8. The van der Waals surface area contributed by atoms with Crippen LogP contribution in [-0.4, -0.2) is 38.4 Å². The highest BCUT2D eigenvalue weighted by Crippen LogP contribution is 2.34. The fourth-order valence-corrected chi connectivity index (χ4v) is 3.84. The lowest BCUT2D eigenvalue weighted by Crippen LogP contribution is -2.36. The Bertz CT molecular complexity index is 973. The normalized spacial score (nSPS) is 14.2. The average molecular weight is 366 g/mol. The van der Waals surface area contributed by atoms with Crippen molar-refractivity contribution in [3.8, 4) is 11.8 Å². The molecule has 1 fully saturated rings. The van der Waals surface area contributed by atoms with Crippen LogP contribution in [0, 0.1) is 11.3 Å². The fourth-order valence-electron chi connectivity index (χ4n) is 2.98. The number of aromatic nitrogens is 1. The number of ether oxygens (including phenoxy) is 2. The molecule has 6 nitrogen and oxygen atoms in total. The van der Waals surface area contributed by atoms with E-state index in [1.165, 1.54) is 5.69 Å². The van der Waals surface area contributed by atoms with E-state index in [0.717, 1.165) is 47.3 Å². The van der Waals surface area contributed by atoms with Gasteiger partial charge in [0.15, 0.2) is 5.13 Å². The molecule has 7 heteroatoms. The minimum atomic E-state index is 0.573. The maximum atomic E-state index is 9.12. The lowest BCUT2D eigenvalue weighted by molar-refractivity contribution is 0.122. The molecule has 1 saturated heterocycles. The molecule has 1 aromatic heterocycles. The molecule has 2 aromatic carbocycles. The van der Waals surface area contributed by atoms with Crippen molar-refractivity contribution in [3.63, 3.8) is 0 Å². The van der Waals surface area contributed by atoms with E-state index >= 15 is 0 Å². The number of fused-ring (bicyclic) bond motifs is 1. The largest absolute Gasteiger partial charge is 0.495 e. The van der Waals surface area contributed by atoms with Gasteiger partial charge in [-0.1, -0.05) is 11.3 Å². The third-order valence-corrected chi connectivity index (χ3v) is 5.27. The molecule has 0 radical (unpaired) electrons. The third-order valence-electron chi connectivity index (χ3n) is 4.32. The maximum Gasteiger partial charge on any atom is 0.188 e. The first-order valence-electron chi connectivity index (χ1n) is 8.35. The predicted molar refractivity (Wildman–Crippen MR) is 104 cm³/mol. The van der Waals surface area contributed by atoms with Crippen molar-refractivity contribution >= 4 is 38.1 Å². The van der Waals surface area contributed by atoms with Gasteiger partial charge in [-0.05, 0) is 36.4 Å². The number of nitriles is 1. The number of hydrogen-bond acceptors (Lipinski definition) is 7. The topological polar surface area (TPSA) is 70.4 Å². The Hall–Kier alpha value is -2.82. The monoisotopic (exact) mass is 366 g/mol. The lowest BCUT2D eigenvalue weighted by Gasteiger charge is -2.28. The molecular weight excluding hydrogens is 348 g/mol. The first kappa shape index (κ1) is 16.6. The van der Waals surface area contributed by atoms with E-state index in [2.05, 4.69) is 34.5 Å². The van der Waals surface area contributed by atoms with Crippen LogP contribution in [0.5, 0.6) is 5.75 Å². The van der Waals surface area contributed by atoms with Crippen LogP contribution in [0.1, 0.15) is 5.56 Å². The molecule has 26 heavy (non-hydrogen) atoms. The molecule has 0 atom stereocenters. The van der Waals surface area contributed by atoms with E-state index in [0.29, 0.717) is 11.3 Å². The summed E-state index contributed by atoms with van der Waals surface area (Å²) in [4.78, 5) is 7.02. The van der Waals surface area contributed by atoms with Crippen LogP contribution in [0.25, 0.3) is 10.2 Å². The number of nitrogens with one attached hydrogen (secondary N) is 1. The Morgan fingerprint density at radius 3 is 2.85 bits per heavy atom. The lowest BCUT2D eigenvalue weighted by atomic mass is 10.2. The maximum absolute atomic E-state index is 9.12. The molecule has 0 saturated carbocycles. The van der Waals surface area contributed by atoms with Gasteiger partial charge < -0.3 is 19.7 Å². The summed E-state index contributed by atoms with van der Waals surface area (Å²) in [5.74, 6) is 0.678. The van der Waals surface area contributed by atoms with Gasteiger partial charge in [0.05, 0.1) is 47.9 Å². The zero-order valence-electron chi connectivity index (χ0n) is 14.4. The molecule has 0 spiro atoms. The number of hydrogen-bond donors (Lipinski definition) is 1. The number of benzene rings is 2. The Kier molecular flexibility index (Phi) is 4.61. The van der Waals surface area contributed by atoms with Crippen molar-refractivity contribution in [3.05, 3.63) is 42.0 Å². The van der Waals surface area contributed by atoms with Crippen molar-refractivity contribution in [1.82, 2.24) is 4.98 Å². The van der Waals surface area contributed by atoms with E-state index in [9.17, 15) is 0 Å². The summed E-state index contributed by atoms with van der Waals surface area (Å²) in [5.41, 5.74) is 3.43. The molecular formula is C19H18N4O2S. The van der Waals surface area contributed by atoms with Crippen LogP contribution in [0.15, 0.2) is 36.4 Å². The Labute approximate surface area is 155 Å². The molecule has 0 amide bonds. The highest BCUT2D eigenvalue weighted by molar-refractivity contribution is 7.22. The summed E-state index contributed by atoms with van der Waals surface area (Å²) < 4.78 is 11.9. The Morgan fingerprint density at radius 1 is 1.23 bits per heavy atom. The van der Waals surface area contributed by atoms with Crippen molar-refractivity contribution in [2.45, 2.75) is 0 Å². The first-order valence-corrected chi connectivity index (χ1v) is 9.17. The van der Waals surface area contributed by atoms with Crippen LogP contribution in [0.2, 0.25) is 0 Å². The van der Waals surface area contributed by atoms with Crippen molar-refractivity contribution in [1.29, 1.82) is 5.26 Å². The molecule has 4 rings (SSSR count). The van der Waals surface area contributed by atoms with Crippen LogP contribution in [0.3, 0.4) is 0 Å². The predicted octanol–water partition coefficient (Wildman–Crippen LogP) is 3.76. The van der Waals surface area contributed by atoms with Crippen molar-refractivity contribution in [2.75, 3.05) is 43.6 Å². The second-order valence-corrected chi connectivity index (χ2v) is 6.95. The Morgan fingerprint density at radius 2 is 2.08 bits per heavy atom. The van der Waals surface area contributed by atoms with Crippen molar-refractivity contribution in [2.24, 2.45) is 0 Å². The summed E-state index contributed by atoms with van der Waals surface area (Å²) in [7, 11) is 1.61. The van der Waals surface area contributed by atoms with Crippen LogP contribution in [-0.2, 0) is 4.74 Å². The van der Waals surface area contributed by atoms with E-state index in [-0.39, 0.29) is 0 Å². The van der Waals surface area contributed by atoms with Crippen LogP contribution >= 0.6 is 11.3 Å². The minimum Gasteiger partial charge on any atom is -0.495 e. The van der Waals surface area contributed by atoms with Gasteiger partial charge in [0.25, 0.3) is 0 Å². The van der Waals surface area contributed by atoms with Gasteiger partial charge in [-0.3, -0.25) is 0 Å². The number of nitrogens with zero attached hydrogens (tertiary/aromatic N) is 3. The van der Waals surface area contributed by atoms with E-state index < -0.39 is 0 Å². The number of anilines is 3. The Balaban J connectivity index is 1.63.